The molecule has 3 rings (SSSR count). The Morgan fingerprint density at radius 1 is 1.23 bits per heavy atom. The lowest BCUT2D eigenvalue weighted by Crippen LogP contribution is -2.35. The fourth-order valence-electron chi connectivity index (χ4n) is 3.62. The molecule has 4 nitrogen and oxygen atoms in total. The molecular weight excluding hydrogens is 278 g/mol. The third-order valence-corrected chi connectivity index (χ3v) is 4.57. The van der Waals surface area contributed by atoms with Gasteiger partial charge in [0.25, 0.3) is 5.91 Å². The van der Waals surface area contributed by atoms with Crippen molar-refractivity contribution < 1.29 is 14.7 Å². The van der Waals surface area contributed by atoms with Crippen LogP contribution in [0.3, 0.4) is 0 Å². The fourth-order valence-corrected chi connectivity index (χ4v) is 3.62. The Morgan fingerprint density at radius 2 is 1.91 bits per heavy atom. The number of carbonyl (C=O) groups is 2. The topological polar surface area (TPSA) is 57.6 Å². The highest BCUT2D eigenvalue weighted by atomic mass is 16.3. The largest absolute Gasteiger partial charge is 0.512 e. The molecule has 1 N–H and O–H groups in total. The van der Waals surface area contributed by atoms with E-state index in [0.717, 1.165) is 5.56 Å². The summed E-state index contributed by atoms with van der Waals surface area (Å²) < 4.78 is 0. The van der Waals surface area contributed by atoms with Gasteiger partial charge in [-0.15, -0.1) is 0 Å². The van der Waals surface area contributed by atoms with Gasteiger partial charge in [0, 0.05) is 24.9 Å². The number of fused-ring (bicyclic) bond motifs is 1. The third-order valence-electron chi connectivity index (χ3n) is 4.57. The molecule has 0 spiro atoms. The maximum Gasteiger partial charge on any atom is 0.255 e. The molecule has 4 heteroatoms. The van der Waals surface area contributed by atoms with Crippen molar-refractivity contribution in [3.63, 3.8) is 0 Å². The van der Waals surface area contributed by atoms with Crippen molar-refractivity contribution in [1.29, 1.82) is 0 Å². The molecule has 116 valence electrons. The van der Waals surface area contributed by atoms with E-state index in [1.807, 2.05) is 39.0 Å². The van der Waals surface area contributed by atoms with Gasteiger partial charge in [0.1, 0.15) is 5.76 Å². The molecule has 0 bridgehead atoms. The van der Waals surface area contributed by atoms with Gasteiger partial charge >= 0.3 is 0 Å². The average Bonchev–Trinajstić information content (AvgIpc) is 2.70. The maximum atomic E-state index is 12.6. The third kappa shape index (κ3) is 2.14. The van der Waals surface area contributed by atoms with E-state index in [1.165, 1.54) is 0 Å². The maximum absolute atomic E-state index is 12.6. The van der Waals surface area contributed by atoms with Crippen LogP contribution in [0.15, 0.2) is 35.6 Å². The molecule has 22 heavy (non-hydrogen) atoms. The van der Waals surface area contributed by atoms with Crippen molar-refractivity contribution in [2.75, 3.05) is 6.54 Å². The SMILES string of the molecule is CCN1C(=O)c2ccccc2C1C1=C(O)CC(C)(C)CC1=O. The number of rotatable bonds is 2. The number of hydrogen-bond acceptors (Lipinski definition) is 3. The monoisotopic (exact) mass is 299 g/mol. The van der Waals surface area contributed by atoms with Crippen molar-refractivity contribution in [2.45, 2.75) is 39.7 Å². The first-order chi connectivity index (χ1) is 10.4. The predicted octanol–water partition coefficient (Wildman–Crippen LogP) is 3.40. The van der Waals surface area contributed by atoms with Gasteiger partial charge < -0.3 is 10.0 Å². The molecule has 2 aliphatic rings. The number of amides is 1. The minimum Gasteiger partial charge on any atom is -0.512 e. The van der Waals surface area contributed by atoms with Crippen LogP contribution in [-0.2, 0) is 4.79 Å². The Morgan fingerprint density at radius 3 is 2.55 bits per heavy atom. The summed E-state index contributed by atoms with van der Waals surface area (Å²) >= 11 is 0. The normalized spacial score (nSPS) is 24.0. The number of ketones is 1. The van der Waals surface area contributed by atoms with Crippen LogP contribution in [0, 0.1) is 5.41 Å². The second-order valence-electron chi connectivity index (χ2n) is 6.88. The Balaban J connectivity index is 2.14. The van der Waals surface area contributed by atoms with Crippen molar-refractivity contribution in [2.24, 2.45) is 5.41 Å². The second-order valence-corrected chi connectivity index (χ2v) is 6.88. The molecule has 1 aliphatic carbocycles. The van der Waals surface area contributed by atoms with Crippen molar-refractivity contribution in [3.05, 3.63) is 46.7 Å². The first-order valence-corrected chi connectivity index (χ1v) is 7.71. The second kappa shape index (κ2) is 4.97. The van der Waals surface area contributed by atoms with Gasteiger partial charge in [-0.05, 0) is 24.0 Å². The summed E-state index contributed by atoms with van der Waals surface area (Å²) in [6.45, 7) is 6.35. The lowest BCUT2D eigenvalue weighted by atomic mass is 9.74. The van der Waals surface area contributed by atoms with Gasteiger partial charge in [0.05, 0.1) is 11.6 Å². The first kappa shape index (κ1) is 14.8. The van der Waals surface area contributed by atoms with Crippen LogP contribution in [0.1, 0.15) is 55.6 Å². The highest BCUT2D eigenvalue weighted by Crippen LogP contribution is 2.45. The van der Waals surface area contributed by atoms with E-state index in [1.54, 1.807) is 11.0 Å². The van der Waals surface area contributed by atoms with Crippen molar-refractivity contribution in [3.8, 4) is 0 Å². The summed E-state index contributed by atoms with van der Waals surface area (Å²) in [6, 6.07) is 6.91. The molecule has 1 aliphatic heterocycles. The van der Waals surface area contributed by atoms with Gasteiger partial charge in [0.2, 0.25) is 0 Å². The number of aliphatic hydroxyl groups excluding tert-OH is 1. The lowest BCUT2D eigenvalue weighted by Gasteiger charge is -2.34. The quantitative estimate of drug-likeness (QED) is 0.910. The number of benzene rings is 1. The zero-order chi connectivity index (χ0) is 16.1. The fraction of sp³-hybridized carbons (Fsp3) is 0.444. The Labute approximate surface area is 130 Å². The molecule has 1 amide bonds. The molecule has 1 atom stereocenters. The first-order valence-electron chi connectivity index (χ1n) is 7.71. The minimum absolute atomic E-state index is 0.0540. The zero-order valence-electron chi connectivity index (χ0n) is 13.2. The molecule has 1 heterocycles. The van der Waals surface area contributed by atoms with E-state index >= 15 is 0 Å². The average molecular weight is 299 g/mol. The van der Waals surface area contributed by atoms with Gasteiger partial charge in [-0.2, -0.15) is 0 Å². The van der Waals surface area contributed by atoms with Gasteiger partial charge in [-0.25, -0.2) is 0 Å². The van der Waals surface area contributed by atoms with Crippen molar-refractivity contribution >= 4 is 11.7 Å². The minimum atomic E-state index is -0.447. The molecule has 0 saturated carbocycles. The standard InChI is InChI=1S/C18H21NO3/c1-4-19-16(11-7-5-6-8-12(11)17(19)22)15-13(20)9-18(2,3)10-14(15)21/h5-8,16,20H,4,9-10H2,1-3H3. The van der Waals surface area contributed by atoms with Crippen LogP contribution in [0.4, 0.5) is 0 Å². The van der Waals surface area contributed by atoms with E-state index in [0.29, 0.717) is 30.5 Å². The number of aliphatic hydroxyl groups is 1. The molecule has 0 radical (unpaired) electrons. The molecule has 1 unspecified atom stereocenters. The Kier molecular flexibility index (Phi) is 3.35. The number of Topliss-reactive ketones (excluding diaryl/α,β-unsaturated/α-hetero) is 1. The highest BCUT2D eigenvalue weighted by Gasteiger charge is 2.44. The van der Waals surface area contributed by atoms with Crippen LogP contribution in [-0.4, -0.2) is 28.2 Å². The summed E-state index contributed by atoms with van der Waals surface area (Å²) in [6.07, 6.45) is 0.870. The smallest absolute Gasteiger partial charge is 0.255 e. The zero-order valence-corrected chi connectivity index (χ0v) is 13.2. The number of likely N-dealkylation sites (N-methyl/N-ethyl adjacent to an activating group) is 1. The van der Waals surface area contributed by atoms with E-state index < -0.39 is 6.04 Å². The van der Waals surface area contributed by atoms with E-state index in [9.17, 15) is 14.7 Å². The summed E-state index contributed by atoms with van der Waals surface area (Å²) in [5, 5.41) is 10.5. The van der Waals surface area contributed by atoms with Gasteiger partial charge in [-0.3, -0.25) is 9.59 Å². The van der Waals surface area contributed by atoms with Crippen LogP contribution < -0.4 is 0 Å². The molecule has 0 fully saturated rings. The van der Waals surface area contributed by atoms with Crippen molar-refractivity contribution in [1.82, 2.24) is 4.90 Å². The summed E-state index contributed by atoms with van der Waals surface area (Å²) in [5.41, 5.74) is 1.62. The number of nitrogens with zero attached hydrogens (tertiary/aromatic N) is 1. The number of hydrogen-bond donors (Lipinski definition) is 1. The number of allylic oxidation sites excluding steroid dienone is 1. The molecule has 1 aromatic carbocycles. The van der Waals surface area contributed by atoms with Gasteiger partial charge in [-0.1, -0.05) is 32.0 Å². The Bertz CT molecular complexity index is 687. The molecule has 1 aromatic rings. The van der Waals surface area contributed by atoms with Gasteiger partial charge in [0.15, 0.2) is 5.78 Å². The predicted molar refractivity (Wildman–Crippen MR) is 83.6 cm³/mol. The van der Waals surface area contributed by atoms with Crippen LogP contribution in [0.25, 0.3) is 0 Å². The van der Waals surface area contributed by atoms with E-state index in [2.05, 4.69) is 0 Å². The highest BCUT2D eigenvalue weighted by molar-refractivity contribution is 6.05. The molecule has 0 aromatic heterocycles. The summed E-state index contributed by atoms with van der Waals surface area (Å²) in [5.74, 6) is 0.0111. The molecular formula is C18H21NO3. The lowest BCUT2D eigenvalue weighted by molar-refractivity contribution is -0.119. The number of carbonyl (C=O) groups excluding carboxylic acids is 2. The Hall–Kier alpha value is -2.10. The van der Waals surface area contributed by atoms with Crippen LogP contribution >= 0.6 is 0 Å². The summed E-state index contributed by atoms with van der Waals surface area (Å²) in [4.78, 5) is 26.8. The summed E-state index contributed by atoms with van der Waals surface area (Å²) in [7, 11) is 0. The molecule has 0 saturated heterocycles. The van der Waals surface area contributed by atoms with Crippen LogP contribution in [0.5, 0.6) is 0 Å². The van der Waals surface area contributed by atoms with E-state index in [-0.39, 0.29) is 22.9 Å². The van der Waals surface area contributed by atoms with E-state index in [4.69, 9.17) is 0 Å². The van der Waals surface area contributed by atoms with Crippen LogP contribution in [0.2, 0.25) is 0 Å².